The molecule has 0 fully saturated rings. The largest absolute Gasteiger partial charge is 0.0845 e. The lowest BCUT2D eigenvalue weighted by molar-refractivity contribution is 0.674. The molecule has 0 heterocycles. The van der Waals surface area contributed by atoms with Crippen molar-refractivity contribution in [1.82, 2.24) is 0 Å². The maximum absolute atomic E-state index is 3.85. The summed E-state index contributed by atoms with van der Waals surface area (Å²) in [7, 11) is 0. The average Bonchev–Trinajstić information content (AvgIpc) is 2.31. The van der Waals surface area contributed by atoms with E-state index < -0.39 is 0 Å². The van der Waals surface area contributed by atoms with Crippen molar-refractivity contribution >= 4 is 0 Å². The van der Waals surface area contributed by atoms with Crippen LogP contribution in [0.1, 0.15) is 71.1 Å². The lowest BCUT2D eigenvalue weighted by atomic mass is 10.1. The van der Waals surface area contributed by atoms with Crippen molar-refractivity contribution < 1.29 is 0 Å². The van der Waals surface area contributed by atoms with Crippen LogP contribution in [-0.2, 0) is 0 Å². The van der Waals surface area contributed by atoms with Gasteiger partial charge in [-0.15, -0.1) is 0 Å². The van der Waals surface area contributed by atoms with Crippen LogP contribution in [0.2, 0.25) is 0 Å². The fourth-order valence-corrected chi connectivity index (χ4v) is 1.65. The minimum absolute atomic E-state index is 1.08. The van der Waals surface area contributed by atoms with Gasteiger partial charge in [0.15, 0.2) is 0 Å². The Balaban J connectivity index is 3.15. The van der Waals surface area contributed by atoms with E-state index in [1.165, 1.54) is 57.8 Å². The third-order valence-corrected chi connectivity index (χ3v) is 2.73. The molecule has 0 N–H and O–H groups in total. The number of hydrogen-bond acceptors (Lipinski definition) is 0. The summed E-state index contributed by atoms with van der Waals surface area (Å²) in [6.45, 7) is 6.10. The quantitative estimate of drug-likeness (QED) is 0.303. The topological polar surface area (TPSA) is 0 Å². The smallest absolute Gasteiger partial charge is 0.0348 e. The van der Waals surface area contributed by atoms with Gasteiger partial charge in [-0.05, 0) is 25.7 Å². The van der Waals surface area contributed by atoms with Gasteiger partial charge in [-0.25, -0.2) is 0 Å². The van der Waals surface area contributed by atoms with Crippen molar-refractivity contribution in [3.05, 3.63) is 31.2 Å². The van der Waals surface area contributed by atoms with Gasteiger partial charge in [0.05, 0.1) is 0 Å². The van der Waals surface area contributed by atoms with Gasteiger partial charge in [-0.2, -0.15) is 0 Å². The zero-order chi connectivity index (χ0) is 11.9. The van der Waals surface area contributed by atoms with E-state index in [9.17, 15) is 0 Å². The van der Waals surface area contributed by atoms with Gasteiger partial charge in [0.25, 0.3) is 0 Å². The average molecular weight is 221 g/mol. The van der Waals surface area contributed by atoms with E-state index in [-0.39, 0.29) is 0 Å². The normalized spacial score (nSPS) is 11.9. The second-order valence-corrected chi connectivity index (χ2v) is 4.41. The molecule has 0 unspecified atom stereocenters. The summed E-state index contributed by atoms with van der Waals surface area (Å²) >= 11 is 0. The van der Waals surface area contributed by atoms with Crippen molar-refractivity contribution in [3.63, 3.8) is 0 Å². The Labute approximate surface area is 103 Å². The summed E-state index contributed by atoms with van der Waals surface area (Å²) in [5.41, 5.74) is 0. The molecule has 0 aromatic carbocycles. The van der Waals surface area contributed by atoms with Gasteiger partial charge >= 0.3 is 0 Å². The van der Waals surface area contributed by atoms with Gasteiger partial charge in [0.2, 0.25) is 0 Å². The molecule has 0 aliphatic carbocycles. The van der Waals surface area contributed by atoms with Crippen molar-refractivity contribution in [2.24, 2.45) is 0 Å². The number of unbranched alkanes of at least 4 members (excludes halogenated alkanes) is 8. The first-order chi connectivity index (χ1) is 7.91. The Hall–Kier alpha value is -0.520. The van der Waals surface area contributed by atoms with Crippen molar-refractivity contribution in [2.75, 3.05) is 0 Å². The first kappa shape index (κ1) is 15.5. The first-order valence-electron chi connectivity index (χ1n) is 7.02. The molecule has 0 spiro atoms. The molecule has 0 aromatic heterocycles. The van der Waals surface area contributed by atoms with E-state index in [1.807, 2.05) is 0 Å². The van der Waals surface area contributed by atoms with Crippen LogP contribution < -0.4 is 0 Å². The van der Waals surface area contributed by atoms with Crippen LogP contribution >= 0.6 is 0 Å². The van der Waals surface area contributed by atoms with E-state index >= 15 is 0 Å². The highest BCUT2D eigenvalue weighted by Crippen LogP contribution is 2.04. The molecule has 0 rings (SSSR count). The van der Waals surface area contributed by atoms with Crippen LogP contribution in [-0.4, -0.2) is 0 Å². The summed E-state index contributed by atoms with van der Waals surface area (Å²) < 4.78 is 0. The molecule has 0 heteroatoms. The van der Waals surface area contributed by atoms with Gasteiger partial charge < -0.3 is 0 Å². The van der Waals surface area contributed by atoms with Crippen LogP contribution in [0.3, 0.4) is 0 Å². The van der Waals surface area contributed by atoms with Crippen molar-refractivity contribution in [1.29, 1.82) is 0 Å². The fraction of sp³-hybridized carbons (Fsp3) is 0.688. The molecule has 0 saturated carbocycles. The highest BCUT2D eigenvalue weighted by Gasteiger charge is 1.84. The standard InChI is InChI=1S/C16H29/c1-3-5-7-9-11-13-15-16-14-12-10-8-6-4-2/h13-16H,1,3-12H2,2H3. The van der Waals surface area contributed by atoms with Crippen LogP contribution in [0.25, 0.3) is 0 Å². The minimum atomic E-state index is 1.08. The maximum atomic E-state index is 3.85. The number of allylic oxidation sites excluding steroid dienone is 4. The predicted molar refractivity (Wildman–Crippen MR) is 75.5 cm³/mol. The molecule has 0 nitrogen and oxygen atoms in total. The molecule has 1 radical (unpaired) electrons. The van der Waals surface area contributed by atoms with Crippen LogP contribution in [0.15, 0.2) is 24.3 Å². The fourth-order valence-electron chi connectivity index (χ4n) is 1.65. The molecule has 0 saturated heterocycles. The second-order valence-electron chi connectivity index (χ2n) is 4.41. The van der Waals surface area contributed by atoms with E-state index in [1.54, 1.807) is 0 Å². The van der Waals surface area contributed by atoms with Crippen LogP contribution in [0.4, 0.5) is 0 Å². The summed E-state index contributed by atoms with van der Waals surface area (Å²) in [6, 6.07) is 0. The predicted octanol–water partition coefficient (Wildman–Crippen LogP) is 5.85. The second kappa shape index (κ2) is 14.5. The highest BCUT2D eigenvalue weighted by atomic mass is 13.9. The Kier molecular flexibility index (Phi) is 14.0. The van der Waals surface area contributed by atoms with E-state index in [0.29, 0.717) is 0 Å². The lowest BCUT2D eigenvalue weighted by Crippen LogP contribution is -1.74. The molecular formula is C16H29. The molecule has 0 amide bonds. The third-order valence-electron chi connectivity index (χ3n) is 2.73. The van der Waals surface area contributed by atoms with Crippen molar-refractivity contribution in [3.8, 4) is 0 Å². The first-order valence-corrected chi connectivity index (χ1v) is 7.02. The molecule has 0 aliphatic rings. The monoisotopic (exact) mass is 221 g/mol. The zero-order valence-electron chi connectivity index (χ0n) is 11.1. The Morgan fingerprint density at radius 3 is 1.81 bits per heavy atom. The minimum Gasteiger partial charge on any atom is -0.0845 e. The SMILES string of the molecule is [CH2]CCCCCC=CC=CCCCCCC. The van der Waals surface area contributed by atoms with E-state index in [2.05, 4.69) is 38.2 Å². The summed E-state index contributed by atoms with van der Waals surface area (Å²) in [4.78, 5) is 0. The summed E-state index contributed by atoms with van der Waals surface area (Å²) in [6.07, 6.45) is 21.9. The number of rotatable bonds is 11. The van der Waals surface area contributed by atoms with Gasteiger partial charge in [0, 0.05) is 0 Å². The summed E-state index contributed by atoms with van der Waals surface area (Å²) in [5, 5.41) is 0. The lowest BCUT2D eigenvalue weighted by Gasteiger charge is -1.94. The molecule has 0 bridgehead atoms. The van der Waals surface area contributed by atoms with E-state index in [0.717, 1.165) is 6.42 Å². The maximum Gasteiger partial charge on any atom is -0.0348 e. The third kappa shape index (κ3) is 13.5. The Morgan fingerprint density at radius 1 is 0.750 bits per heavy atom. The number of hydrogen-bond donors (Lipinski definition) is 0. The summed E-state index contributed by atoms with van der Waals surface area (Å²) in [5.74, 6) is 0. The molecule has 16 heavy (non-hydrogen) atoms. The highest BCUT2D eigenvalue weighted by molar-refractivity contribution is 5.02. The molecule has 93 valence electrons. The molecule has 0 aliphatic heterocycles. The Morgan fingerprint density at radius 2 is 1.31 bits per heavy atom. The van der Waals surface area contributed by atoms with E-state index in [4.69, 9.17) is 0 Å². The molecular weight excluding hydrogens is 192 g/mol. The van der Waals surface area contributed by atoms with Crippen LogP contribution in [0, 0.1) is 6.92 Å². The van der Waals surface area contributed by atoms with Gasteiger partial charge in [-0.3, -0.25) is 0 Å². The molecule has 0 atom stereocenters. The van der Waals surface area contributed by atoms with Gasteiger partial charge in [0.1, 0.15) is 0 Å². The zero-order valence-corrected chi connectivity index (χ0v) is 11.1. The van der Waals surface area contributed by atoms with Crippen LogP contribution in [0.5, 0.6) is 0 Å². The Bertz CT molecular complexity index is 145. The molecule has 0 aromatic rings. The van der Waals surface area contributed by atoms with Crippen molar-refractivity contribution in [2.45, 2.75) is 71.1 Å². The van der Waals surface area contributed by atoms with Gasteiger partial charge in [-0.1, -0.05) is 76.7 Å².